The Morgan fingerprint density at radius 2 is 2.26 bits per heavy atom. The maximum absolute atomic E-state index is 12.3. The van der Waals surface area contributed by atoms with Gasteiger partial charge >= 0.3 is 0 Å². The van der Waals surface area contributed by atoms with Crippen molar-refractivity contribution in [1.29, 1.82) is 0 Å². The molecule has 0 saturated carbocycles. The summed E-state index contributed by atoms with van der Waals surface area (Å²) in [5, 5.41) is 0. The maximum atomic E-state index is 12.3. The molecule has 4 heteroatoms. The van der Waals surface area contributed by atoms with Gasteiger partial charge in [0, 0.05) is 35.4 Å². The first-order valence-corrected chi connectivity index (χ1v) is 7.58. The van der Waals surface area contributed by atoms with Gasteiger partial charge in [0.25, 0.3) is 0 Å². The van der Waals surface area contributed by atoms with Crippen LogP contribution in [0.3, 0.4) is 0 Å². The molecule has 2 aliphatic heterocycles. The van der Waals surface area contributed by atoms with Crippen LogP contribution in [-0.4, -0.2) is 25.6 Å². The third kappa shape index (κ3) is 2.84. The van der Waals surface area contributed by atoms with E-state index in [1.807, 2.05) is 6.07 Å². The average Bonchev–Trinajstić information content (AvgIpc) is 2.88. The molecule has 0 bridgehead atoms. The van der Waals surface area contributed by atoms with E-state index in [1.54, 1.807) is 0 Å². The monoisotopic (exact) mass is 324 g/mol. The molecule has 0 aromatic heterocycles. The summed E-state index contributed by atoms with van der Waals surface area (Å²) >= 11 is 3.51. The number of rotatable bonds is 3. The summed E-state index contributed by atoms with van der Waals surface area (Å²) in [4.78, 5) is 12.3. The maximum Gasteiger partial charge on any atom is 0.142 e. The van der Waals surface area contributed by atoms with Crippen molar-refractivity contribution in [3.8, 4) is 5.75 Å². The molecule has 19 heavy (non-hydrogen) atoms. The predicted molar refractivity (Wildman–Crippen MR) is 75.6 cm³/mol. The van der Waals surface area contributed by atoms with Gasteiger partial charge in [-0.3, -0.25) is 4.79 Å². The zero-order chi connectivity index (χ0) is 13.2. The Morgan fingerprint density at radius 3 is 3.05 bits per heavy atom. The van der Waals surface area contributed by atoms with E-state index in [4.69, 9.17) is 9.47 Å². The zero-order valence-electron chi connectivity index (χ0n) is 10.8. The molecule has 2 aliphatic rings. The fourth-order valence-electron chi connectivity index (χ4n) is 2.80. The number of hydrogen-bond donors (Lipinski definition) is 0. The van der Waals surface area contributed by atoms with Crippen LogP contribution in [0.4, 0.5) is 0 Å². The smallest absolute Gasteiger partial charge is 0.142 e. The quantitative estimate of drug-likeness (QED) is 0.857. The van der Waals surface area contributed by atoms with Crippen LogP contribution in [-0.2, 0) is 22.4 Å². The molecular formula is C15H17BrO3. The molecule has 1 unspecified atom stereocenters. The van der Waals surface area contributed by atoms with Crippen molar-refractivity contribution >= 4 is 21.7 Å². The van der Waals surface area contributed by atoms with E-state index in [0.29, 0.717) is 13.0 Å². The molecule has 0 aliphatic carbocycles. The molecule has 3 nitrogen and oxygen atoms in total. The summed E-state index contributed by atoms with van der Waals surface area (Å²) in [7, 11) is 0. The summed E-state index contributed by atoms with van der Waals surface area (Å²) in [6.07, 6.45) is 3.33. The highest BCUT2D eigenvalue weighted by atomic mass is 79.9. The van der Waals surface area contributed by atoms with Gasteiger partial charge in [0.05, 0.1) is 13.2 Å². The van der Waals surface area contributed by atoms with Crippen LogP contribution >= 0.6 is 15.9 Å². The van der Waals surface area contributed by atoms with Crippen LogP contribution in [0.15, 0.2) is 16.6 Å². The molecule has 1 aromatic carbocycles. The van der Waals surface area contributed by atoms with Gasteiger partial charge in [0.1, 0.15) is 11.5 Å². The molecule has 1 fully saturated rings. The van der Waals surface area contributed by atoms with E-state index in [2.05, 4.69) is 22.0 Å². The van der Waals surface area contributed by atoms with Gasteiger partial charge < -0.3 is 9.47 Å². The number of benzene rings is 1. The molecule has 1 saturated heterocycles. The Labute approximate surface area is 121 Å². The summed E-state index contributed by atoms with van der Waals surface area (Å²) in [6.45, 7) is 2.09. The van der Waals surface area contributed by atoms with Crippen molar-refractivity contribution in [3.63, 3.8) is 0 Å². The van der Waals surface area contributed by atoms with Gasteiger partial charge in [-0.2, -0.15) is 0 Å². The lowest BCUT2D eigenvalue weighted by molar-refractivity contribution is -0.126. The van der Waals surface area contributed by atoms with Crippen molar-refractivity contribution in [2.24, 2.45) is 5.92 Å². The minimum absolute atomic E-state index is 0.0600. The number of ketones is 1. The number of fused-ring (bicyclic) bond motifs is 1. The van der Waals surface area contributed by atoms with Crippen molar-refractivity contribution in [2.45, 2.75) is 25.7 Å². The Hall–Kier alpha value is -0.870. The van der Waals surface area contributed by atoms with Crippen LogP contribution in [0.5, 0.6) is 5.75 Å². The predicted octanol–water partition coefficient (Wildman–Crippen LogP) is 2.92. The fraction of sp³-hybridized carbons (Fsp3) is 0.533. The SMILES string of the molecule is O=C(Cc1cc(Br)cc2c1OCC2)C1CCCOC1. The standard InChI is InChI=1S/C15H17BrO3/c16-13-6-10-3-5-19-15(10)12(7-13)8-14(17)11-2-1-4-18-9-11/h6-7,11H,1-5,8-9H2. The van der Waals surface area contributed by atoms with Gasteiger partial charge in [-0.05, 0) is 30.5 Å². The topological polar surface area (TPSA) is 35.5 Å². The molecule has 0 amide bonds. The third-order valence-corrected chi connectivity index (χ3v) is 4.26. The van der Waals surface area contributed by atoms with Gasteiger partial charge in [0.15, 0.2) is 0 Å². The van der Waals surface area contributed by atoms with Crippen LogP contribution < -0.4 is 4.74 Å². The van der Waals surface area contributed by atoms with Gasteiger partial charge in [-0.25, -0.2) is 0 Å². The van der Waals surface area contributed by atoms with Crippen molar-refractivity contribution < 1.29 is 14.3 Å². The molecule has 2 heterocycles. The lowest BCUT2D eigenvalue weighted by Crippen LogP contribution is -2.26. The Kier molecular flexibility index (Phi) is 3.89. The number of hydrogen-bond acceptors (Lipinski definition) is 3. The third-order valence-electron chi connectivity index (χ3n) is 3.81. The first-order chi connectivity index (χ1) is 9.24. The van der Waals surface area contributed by atoms with Gasteiger partial charge in [-0.15, -0.1) is 0 Å². The molecule has 1 aromatic rings. The fourth-order valence-corrected chi connectivity index (χ4v) is 3.36. The summed E-state index contributed by atoms with van der Waals surface area (Å²) in [6, 6.07) is 4.09. The Balaban J connectivity index is 1.77. The second-order valence-corrected chi connectivity index (χ2v) is 6.12. The number of carbonyl (C=O) groups is 1. The molecule has 1 atom stereocenters. The van der Waals surface area contributed by atoms with Crippen LogP contribution in [0.25, 0.3) is 0 Å². The lowest BCUT2D eigenvalue weighted by Gasteiger charge is -2.21. The van der Waals surface area contributed by atoms with Crippen molar-refractivity contribution in [1.82, 2.24) is 0 Å². The minimum Gasteiger partial charge on any atom is -0.493 e. The van der Waals surface area contributed by atoms with E-state index in [9.17, 15) is 4.79 Å². The second kappa shape index (κ2) is 5.63. The molecule has 0 N–H and O–H groups in total. The number of ether oxygens (including phenoxy) is 2. The molecule has 102 valence electrons. The highest BCUT2D eigenvalue weighted by molar-refractivity contribution is 9.10. The summed E-state index contributed by atoms with van der Waals surface area (Å²) < 4.78 is 12.1. The van der Waals surface area contributed by atoms with E-state index in [-0.39, 0.29) is 11.7 Å². The van der Waals surface area contributed by atoms with Crippen LogP contribution in [0.2, 0.25) is 0 Å². The van der Waals surface area contributed by atoms with E-state index >= 15 is 0 Å². The Morgan fingerprint density at radius 1 is 1.37 bits per heavy atom. The van der Waals surface area contributed by atoms with Crippen molar-refractivity contribution in [3.05, 3.63) is 27.7 Å². The van der Waals surface area contributed by atoms with Gasteiger partial charge in [-0.1, -0.05) is 15.9 Å². The van der Waals surface area contributed by atoms with E-state index < -0.39 is 0 Å². The largest absolute Gasteiger partial charge is 0.493 e. The second-order valence-electron chi connectivity index (χ2n) is 5.21. The number of carbonyl (C=O) groups excluding carboxylic acids is 1. The van der Waals surface area contributed by atoms with Crippen LogP contribution in [0, 0.1) is 5.92 Å². The number of Topliss-reactive ketones (excluding diaryl/α,β-unsaturated/α-hetero) is 1. The zero-order valence-corrected chi connectivity index (χ0v) is 12.4. The summed E-state index contributed by atoms with van der Waals surface area (Å²) in [5.41, 5.74) is 2.22. The highest BCUT2D eigenvalue weighted by Crippen LogP contribution is 2.34. The molecule has 3 rings (SSSR count). The average molecular weight is 325 g/mol. The first kappa shape index (κ1) is 13.1. The minimum atomic E-state index is 0.0600. The normalized spacial score (nSPS) is 21.8. The summed E-state index contributed by atoms with van der Waals surface area (Å²) in [5.74, 6) is 1.26. The van der Waals surface area contributed by atoms with E-state index in [0.717, 1.165) is 48.3 Å². The van der Waals surface area contributed by atoms with Crippen LogP contribution in [0.1, 0.15) is 24.0 Å². The molecular weight excluding hydrogens is 308 g/mol. The molecule has 0 radical (unpaired) electrons. The van der Waals surface area contributed by atoms with Gasteiger partial charge in [0.2, 0.25) is 0 Å². The lowest BCUT2D eigenvalue weighted by atomic mass is 9.92. The number of halogens is 1. The van der Waals surface area contributed by atoms with E-state index in [1.165, 1.54) is 5.56 Å². The first-order valence-electron chi connectivity index (χ1n) is 6.78. The Bertz CT molecular complexity index is 492. The molecule has 0 spiro atoms. The van der Waals surface area contributed by atoms with Crippen molar-refractivity contribution in [2.75, 3.05) is 19.8 Å². The highest BCUT2D eigenvalue weighted by Gasteiger charge is 2.25.